The molecule has 0 N–H and O–H groups in total. The van der Waals surface area contributed by atoms with Crippen LogP contribution in [0.2, 0.25) is 0 Å². The van der Waals surface area contributed by atoms with Gasteiger partial charge in [0.2, 0.25) is 0 Å². The Hall–Kier alpha value is -1.22. The van der Waals surface area contributed by atoms with Crippen LogP contribution < -0.4 is 0 Å². The van der Waals surface area contributed by atoms with Crippen molar-refractivity contribution in [1.29, 1.82) is 0 Å². The molecule has 0 unspecified atom stereocenters. The van der Waals surface area contributed by atoms with Crippen molar-refractivity contribution < 1.29 is 0 Å². The Bertz CT molecular complexity index is 308. The van der Waals surface area contributed by atoms with Crippen LogP contribution in [-0.2, 0) is 6.42 Å². The average Bonchev–Trinajstić information content (AvgIpc) is 2.21. The zero-order valence-electron chi connectivity index (χ0n) is 9.14. The second kappa shape index (κ2) is 6.27. The minimum Gasteiger partial charge on any atom is -0.0979 e. The molecule has 0 saturated carbocycles. The van der Waals surface area contributed by atoms with Gasteiger partial charge in [-0.2, -0.15) is 0 Å². The molecule has 0 nitrogen and oxygen atoms in total. The maximum absolute atomic E-state index is 3.16. The lowest BCUT2D eigenvalue weighted by molar-refractivity contribution is 0.922. The first kappa shape index (κ1) is 10.9. The molecule has 74 valence electrons. The van der Waals surface area contributed by atoms with Crippen molar-refractivity contribution in [2.75, 3.05) is 0 Å². The van der Waals surface area contributed by atoms with Crippen molar-refractivity contribution in [3.05, 3.63) is 35.4 Å². The molecule has 14 heavy (non-hydrogen) atoms. The van der Waals surface area contributed by atoms with E-state index in [0.717, 1.165) is 18.4 Å². The zero-order chi connectivity index (χ0) is 10.2. The summed E-state index contributed by atoms with van der Waals surface area (Å²) < 4.78 is 0. The van der Waals surface area contributed by atoms with E-state index < -0.39 is 0 Å². The second-order valence-electron chi connectivity index (χ2n) is 3.50. The fraction of sp³-hybridized carbons (Fsp3) is 0.429. The summed E-state index contributed by atoms with van der Waals surface area (Å²) in [5.41, 5.74) is 2.55. The minimum atomic E-state index is 0.997. The van der Waals surface area contributed by atoms with Gasteiger partial charge in [-0.05, 0) is 30.5 Å². The predicted molar refractivity (Wildman–Crippen MR) is 62.2 cm³/mol. The average molecular weight is 186 g/mol. The van der Waals surface area contributed by atoms with Gasteiger partial charge < -0.3 is 0 Å². The van der Waals surface area contributed by atoms with Gasteiger partial charge in [-0.1, -0.05) is 44.2 Å². The first-order valence-electron chi connectivity index (χ1n) is 5.44. The summed E-state index contributed by atoms with van der Waals surface area (Å²) in [7, 11) is 0. The SMILES string of the molecule is CCCC#Cc1ccc(CCC)cc1. The van der Waals surface area contributed by atoms with E-state index in [9.17, 15) is 0 Å². The summed E-state index contributed by atoms with van der Waals surface area (Å²) in [5, 5.41) is 0. The standard InChI is InChI=1S/C14H18/c1-3-5-6-8-14-11-9-13(7-4-2)10-12-14/h9-12H,3-5,7H2,1-2H3. The van der Waals surface area contributed by atoms with Crippen molar-refractivity contribution in [3.63, 3.8) is 0 Å². The summed E-state index contributed by atoms with van der Waals surface area (Å²) in [6.45, 7) is 4.36. The molecule has 0 aliphatic rings. The fourth-order valence-electron chi connectivity index (χ4n) is 1.33. The van der Waals surface area contributed by atoms with Gasteiger partial charge in [0, 0.05) is 12.0 Å². The third-order valence-electron chi connectivity index (χ3n) is 2.10. The summed E-state index contributed by atoms with van der Waals surface area (Å²) in [6, 6.07) is 8.60. The van der Waals surface area contributed by atoms with Gasteiger partial charge in [0.05, 0.1) is 0 Å². The summed E-state index contributed by atoms with van der Waals surface area (Å²) >= 11 is 0. The molecule has 0 bridgehead atoms. The number of hydrogen-bond donors (Lipinski definition) is 0. The Morgan fingerprint density at radius 3 is 2.29 bits per heavy atom. The maximum atomic E-state index is 3.16. The number of aryl methyl sites for hydroxylation is 1. The van der Waals surface area contributed by atoms with Gasteiger partial charge in [-0.3, -0.25) is 0 Å². The Labute approximate surface area is 87.4 Å². The molecule has 0 saturated heterocycles. The van der Waals surface area contributed by atoms with Crippen molar-refractivity contribution in [2.45, 2.75) is 39.5 Å². The van der Waals surface area contributed by atoms with E-state index in [4.69, 9.17) is 0 Å². The highest BCUT2D eigenvalue weighted by atomic mass is 13.9. The second-order valence-corrected chi connectivity index (χ2v) is 3.50. The van der Waals surface area contributed by atoms with Crippen LogP contribution in [0.3, 0.4) is 0 Å². The summed E-state index contributed by atoms with van der Waals surface area (Å²) in [5.74, 6) is 6.32. The monoisotopic (exact) mass is 186 g/mol. The molecule has 0 spiro atoms. The normalized spacial score (nSPS) is 9.29. The molecule has 0 aliphatic heterocycles. The van der Waals surface area contributed by atoms with Crippen LogP contribution >= 0.6 is 0 Å². The predicted octanol–water partition coefficient (Wildman–Crippen LogP) is 3.79. The van der Waals surface area contributed by atoms with Crippen LogP contribution in [0.5, 0.6) is 0 Å². The number of unbranched alkanes of at least 4 members (excludes halogenated alkanes) is 1. The lowest BCUT2D eigenvalue weighted by Crippen LogP contribution is -1.82. The van der Waals surface area contributed by atoms with Crippen LogP contribution in [0, 0.1) is 11.8 Å². The van der Waals surface area contributed by atoms with Crippen LogP contribution in [0.1, 0.15) is 44.2 Å². The van der Waals surface area contributed by atoms with Gasteiger partial charge in [0.15, 0.2) is 0 Å². The summed E-state index contributed by atoms with van der Waals surface area (Å²) in [4.78, 5) is 0. The minimum absolute atomic E-state index is 0.997. The summed E-state index contributed by atoms with van der Waals surface area (Å²) in [6.07, 6.45) is 4.52. The third kappa shape index (κ3) is 3.66. The van der Waals surface area contributed by atoms with Crippen molar-refractivity contribution >= 4 is 0 Å². The largest absolute Gasteiger partial charge is 0.0979 e. The Kier molecular flexibility index (Phi) is 4.86. The molecule has 0 heteroatoms. The van der Waals surface area contributed by atoms with Crippen molar-refractivity contribution in [3.8, 4) is 11.8 Å². The van der Waals surface area contributed by atoms with Gasteiger partial charge in [-0.25, -0.2) is 0 Å². The molecule has 1 aromatic carbocycles. The highest BCUT2D eigenvalue weighted by molar-refractivity contribution is 5.36. The quantitative estimate of drug-likeness (QED) is 0.630. The van der Waals surface area contributed by atoms with Crippen LogP contribution in [0.25, 0.3) is 0 Å². The topological polar surface area (TPSA) is 0 Å². The molecule has 0 amide bonds. The van der Waals surface area contributed by atoms with Crippen LogP contribution in [-0.4, -0.2) is 0 Å². The molecule has 1 rings (SSSR count). The zero-order valence-corrected chi connectivity index (χ0v) is 9.14. The lowest BCUT2D eigenvalue weighted by Gasteiger charge is -1.97. The van der Waals surface area contributed by atoms with E-state index in [1.807, 2.05) is 0 Å². The Balaban J connectivity index is 2.60. The molecule has 0 atom stereocenters. The molecule has 0 fully saturated rings. The molecule has 1 aromatic rings. The molecular weight excluding hydrogens is 168 g/mol. The lowest BCUT2D eigenvalue weighted by atomic mass is 10.1. The van der Waals surface area contributed by atoms with E-state index in [0.29, 0.717) is 0 Å². The van der Waals surface area contributed by atoms with Crippen molar-refractivity contribution in [2.24, 2.45) is 0 Å². The highest BCUT2D eigenvalue weighted by Gasteiger charge is 1.90. The number of rotatable bonds is 3. The highest BCUT2D eigenvalue weighted by Crippen LogP contribution is 2.05. The van der Waals surface area contributed by atoms with Crippen LogP contribution in [0.15, 0.2) is 24.3 Å². The Morgan fingerprint density at radius 1 is 1.00 bits per heavy atom. The number of hydrogen-bond acceptors (Lipinski definition) is 0. The van der Waals surface area contributed by atoms with E-state index in [2.05, 4.69) is 50.0 Å². The van der Waals surface area contributed by atoms with Crippen LogP contribution in [0.4, 0.5) is 0 Å². The molecule has 0 aromatic heterocycles. The van der Waals surface area contributed by atoms with E-state index in [1.54, 1.807) is 0 Å². The van der Waals surface area contributed by atoms with Crippen molar-refractivity contribution in [1.82, 2.24) is 0 Å². The Morgan fingerprint density at radius 2 is 1.71 bits per heavy atom. The van der Waals surface area contributed by atoms with Gasteiger partial charge >= 0.3 is 0 Å². The smallest absolute Gasteiger partial charge is 0.0245 e. The number of benzene rings is 1. The third-order valence-corrected chi connectivity index (χ3v) is 2.10. The van der Waals surface area contributed by atoms with E-state index in [-0.39, 0.29) is 0 Å². The molecule has 0 radical (unpaired) electrons. The van der Waals surface area contributed by atoms with Gasteiger partial charge in [0.25, 0.3) is 0 Å². The molecule has 0 heterocycles. The maximum Gasteiger partial charge on any atom is 0.0245 e. The molecule has 0 aliphatic carbocycles. The fourth-order valence-corrected chi connectivity index (χ4v) is 1.33. The first-order chi connectivity index (χ1) is 6.86. The van der Waals surface area contributed by atoms with E-state index >= 15 is 0 Å². The van der Waals surface area contributed by atoms with E-state index in [1.165, 1.54) is 18.4 Å². The van der Waals surface area contributed by atoms with Gasteiger partial charge in [-0.15, -0.1) is 0 Å². The van der Waals surface area contributed by atoms with Gasteiger partial charge in [0.1, 0.15) is 0 Å². The molecular formula is C14H18. The first-order valence-corrected chi connectivity index (χ1v) is 5.44.